The van der Waals surface area contributed by atoms with Crippen LogP contribution in [0.15, 0.2) is 24.3 Å². The van der Waals surface area contributed by atoms with Gasteiger partial charge in [-0.3, -0.25) is 4.79 Å². The number of rotatable bonds is 6. The van der Waals surface area contributed by atoms with Crippen molar-refractivity contribution in [3.63, 3.8) is 0 Å². The molecule has 0 aromatic heterocycles. The summed E-state index contributed by atoms with van der Waals surface area (Å²) in [4.78, 5) is 12.3. The molecule has 1 aromatic carbocycles. The first-order chi connectivity index (χ1) is 10.6. The molecule has 0 saturated heterocycles. The summed E-state index contributed by atoms with van der Waals surface area (Å²) in [6.07, 6.45) is 6.28. The molecular formula is C19H31ClN2O. The van der Waals surface area contributed by atoms with E-state index in [0.29, 0.717) is 18.9 Å². The van der Waals surface area contributed by atoms with E-state index in [1.807, 2.05) is 0 Å². The summed E-state index contributed by atoms with van der Waals surface area (Å²) in [6, 6.07) is 8.91. The van der Waals surface area contributed by atoms with E-state index in [0.717, 1.165) is 19.3 Å². The van der Waals surface area contributed by atoms with Crippen molar-refractivity contribution < 1.29 is 4.79 Å². The Balaban J connectivity index is 0.00000264. The quantitative estimate of drug-likeness (QED) is 0.829. The van der Waals surface area contributed by atoms with Gasteiger partial charge >= 0.3 is 0 Å². The Morgan fingerprint density at radius 1 is 1.26 bits per heavy atom. The molecule has 3 N–H and O–H groups in total. The lowest BCUT2D eigenvalue weighted by Crippen LogP contribution is -2.44. The molecule has 0 bridgehead atoms. The molecule has 3 atom stereocenters. The lowest BCUT2D eigenvalue weighted by atomic mass is 9.84. The molecule has 1 aromatic rings. The number of hydrogen-bond donors (Lipinski definition) is 2. The van der Waals surface area contributed by atoms with Crippen molar-refractivity contribution in [2.24, 2.45) is 11.7 Å². The van der Waals surface area contributed by atoms with Crippen LogP contribution in [0, 0.1) is 5.92 Å². The van der Waals surface area contributed by atoms with Gasteiger partial charge < -0.3 is 11.1 Å². The van der Waals surface area contributed by atoms with Crippen molar-refractivity contribution in [3.8, 4) is 0 Å². The second-order valence-electron chi connectivity index (χ2n) is 6.65. The van der Waals surface area contributed by atoms with Crippen LogP contribution < -0.4 is 11.1 Å². The van der Waals surface area contributed by atoms with Crippen molar-refractivity contribution in [1.29, 1.82) is 0 Å². The second kappa shape index (κ2) is 9.94. The van der Waals surface area contributed by atoms with Crippen LogP contribution in [0.3, 0.4) is 0 Å². The van der Waals surface area contributed by atoms with E-state index in [1.165, 1.54) is 24.0 Å². The first-order valence-corrected chi connectivity index (χ1v) is 8.72. The van der Waals surface area contributed by atoms with Crippen LogP contribution in [0.2, 0.25) is 0 Å². The summed E-state index contributed by atoms with van der Waals surface area (Å²) in [7, 11) is 0. The van der Waals surface area contributed by atoms with E-state index in [2.05, 4.69) is 43.4 Å². The molecular weight excluding hydrogens is 308 g/mol. The molecule has 130 valence electrons. The number of nitrogens with one attached hydrogen (secondary N) is 1. The van der Waals surface area contributed by atoms with Crippen LogP contribution in [0.5, 0.6) is 0 Å². The molecule has 0 aliphatic heterocycles. The summed E-state index contributed by atoms with van der Waals surface area (Å²) >= 11 is 0. The third-order valence-corrected chi connectivity index (χ3v) is 5.01. The molecule has 0 heterocycles. The van der Waals surface area contributed by atoms with Crippen molar-refractivity contribution in [2.45, 2.75) is 64.3 Å². The molecule has 2 rings (SSSR count). The SMILES string of the molecule is CCc1ccc(C(C)CC(=O)NC2CCCCC2CN)cc1.Cl. The zero-order chi connectivity index (χ0) is 15.9. The Morgan fingerprint density at radius 3 is 2.52 bits per heavy atom. The van der Waals surface area contributed by atoms with E-state index in [9.17, 15) is 4.79 Å². The third-order valence-electron chi connectivity index (χ3n) is 5.01. The topological polar surface area (TPSA) is 55.1 Å². The number of halogens is 1. The minimum Gasteiger partial charge on any atom is -0.353 e. The fourth-order valence-electron chi connectivity index (χ4n) is 3.42. The number of hydrogen-bond acceptors (Lipinski definition) is 2. The average Bonchev–Trinajstić information content (AvgIpc) is 2.55. The molecule has 1 amide bonds. The van der Waals surface area contributed by atoms with Gasteiger partial charge in [-0.05, 0) is 48.8 Å². The molecule has 1 aliphatic rings. The predicted octanol–water partition coefficient (Wildman–Crippen LogP) is 3.80. The highest BCUT2D eigenvalue weighted by atomic mass is 35.5. The first-order valence-electron chi connectivity index (χ1n) is 8.72. The summed E-state index contributed by atoms with van der Waals surface area (Å²) < 4.78 is 0. The third kappa shape index (κ3) is 5.82. The van der Waals surface area contributed by atoms with E-state index < -0.39 is 0 Å². The van der Waals surface area contributed by atoms with Gasteiger partial charge in [0.15, 0.2) is 0 Å². The van der Waals surface area contributed by atoms with Crippen molar-refractivity contribution in [2.75, 3.05) is 6.54 Å². The van der Waals surface area contributed by atoms with E-state index in [-0.39, 0.29) is 30.3 Å². The molecule has 4 heteroatoms. The highest BCUT2D eigenvalue weighted by molar-refractivity contribution is 5.85. The molecule has 1 fully saturated rings. The van der Waals surface area contributed by atoms with Gasteiger partial charge in [0.05, 0.1) is 0 Å². The van der Waals surface area contributed by atoms with Crippen molar-refractivity contribution in [1.82, 2.24) is 5.32 Å². The number of amides is 1. The largest absolute Gasteiger partial charge is 0.353 e. The number of nitrogens with two attached hydrogens (primary N) is 1. The van der Waals surface area contributed by atoms with Gasteiger partial charge in [0.1, 0.15) is 0 Å². The Hall–Kier alpha value is -1.06. The van der Waals surface area contributed by atoms with Gasteiger partial charge in [-0.25, -0.2) is 0 Å². The van der Waals surface area contributed by atoms with Crippen LogP contribution in [-0.4, -0.2) is 18.5 Å². The second-order valence-corrected chi connectivity index (χ2v) is 6.65. The summed E-state index contributed by atoms with van der Waals surface area (Å²) in [5, 5.41) is 3.22. The zero-order valence-electron chi connectivity index (χ0n) is 14.4. The average molecular weight is 339 g/mol. The van der Waals surface area contributed by atoms with Gasteiger partial charge in [0.25, 0.3) is 0 Å². The molecule has 1 saturated carbocycles. The van der Waals surface area contributed by atoms with Gasteiger partial charge in [0.2, 0.25) is 5.91 Å². The van der Waals surface area contributed by atoms with Crippen LogP contribution in [0.4, 0.5) is 0 Å². The molecule has 0 spiro atoms. The Labute approximate surface area is 146 Å². The maximum atomic E-state index is 12.3. The number of carbonyl (C=O) groups excluding carboxylic acids is 1. The molecule has 23 heavy (non-hydrogen) atoms. The van der Waals surface area contributed by atoms with Gasteiger partial charge in [0, 0.05) is 12.5 Å². The minimum absolute atomic E-state index is 0. The van der Waals surface area contributed by atoms with Gasteiger partial charge in [-0.15, -0.1) is 12.4 Å². The molecule has 0 radical (unpaired) electrons. The number of benzene rings is 1. The van der Waals surface area contributed by atoms with Gasteiger partial charge in [-0.1, -0.05) is 51.0 Å². The lowest BCUT2D eigenvalue weighted by molar-refractivity contribution is -0.122. The van der Waals surface area contributed by atoms with E-state index >= 15 is 0 Å². The Kier molecular flexibility index (Phi) is 8.64. The molecule has 1 aliphatic carbocycles. The van der Waals surface area contributed by atoms with Crippen LogP contribution in [0.25, 0.3) is 0 Å². The number of carbonyl (C=O) groups is 1. The fraction of sp³-hybridized carbons (Fsp3) is 0.632. The summed E-state index contributed by atoms with van der Waals surface area (Å²) in [6.45, 7) is 4.96. The smallest absolute Gasteiger partial charge is 0.220 e. The number of aryl methyl sites for hydroxylation is 1. The lowest BCUT2D eigenvalue weighted by Gasteiger charge is -2.31. The Bertz CT molecular complexity index is 475. The zero-order valence-corrected chi connectivity index (χ0v) is 15.2. The fourth-order valence-corrected chi connectivity index (χ4v) is 3.42. The normalized spacial score (nSPS) is 22.0. The maximum absolute atomic E-state index is 12.3. The maximum Gasteiger partial charge on any atom is 0.220 e. The predicted molar refractivity (Wildman–Crippen MR) is 99.0 cm³/mol. The van der Waals surface area contributed by atoms with E-state index in [4.69, 9.17) is 5.73 Å². The van der Waals surface area contributed by atoms with Crippen LogP contribution >= 0.6 is 12.4 Å². The molecule has 3 unspecified atom stereocenters. The standard InChI is InChI=1S/C19H30N2O.ClH/c1-3-15-8-10-16(11-9-15)14(2)12-19(22)21-18-7-5-4-6-17(18)13-20;/h8-11,14,17-18H,3-7,12-13,20H2,1-2H3,(H,21,22);1H. The van der Waals surface area contributed by atoms with Crippen molar-refractivity contribution >= 4 is 18.3 Å². The summed E-state index contributed by atoms with van der Waals surface area (Å²) in [5.41, 5.74) is 8.42. The van der Waals surface area contributed by atoms with Crippen LogP contribution in [0.1, 0.15) is 63.0 Å². The molecule has 3 nitrogen and oxygen atoms in total. The minimum atomic E-state index is 0. The monoisotopic (exact) mass is 338 g/mol. The highest BCUT2D eigenvalue weighted by Gasteiger charge is 2.25. The first kappa shape index (κ1) is 20.0. The van der Waals surface area contributed by atoms with Crippen molar-refractivity contribution in [3.05, 3.63) is 35.4 Å². The van der Waals surface area contributed by atoms with E-state index in [1.54, 1.807) is 0 Å². The summed E-state index contributed by atoms with van der Waals surface area (Å²) in [5.74, 6) is 0.875. The van der Waals surface area contributed by atoms with Crippen LogP contribution in [-0.2, 0) is 11.2 Å². The highest BCUT2D eigenvalue weighted by Crippen LogP contribution is 2.25. The Morgan fingerprint density at radius 2 is 1.91 bits per heavy atom. The van der Waals surface area contributed by atoms with Gasteiger partial charge in [-0.2, -0.15) is 0 Å².